The van der Waals surface area contributed by atoms with Gasteiger partial charge in [0.15, 0.2) is 0 Å². The quantitative estimate of drug-likeness (QED) is 0.720. The molecule has 0 fully saturated rings. The molecule has 0 saturated heterocycles. The number of aliphatic hydroxyl groups excluding tert-OH is 2. The Morgan fingerprint density at radius 2 is 2.00 bits per heavy atom. The molecule has 0 saturated carbocycles. The third-order valence-electron chi connectivity index (χ3n) is 2.41. The molecule has 1 aromatic rings. The van der Waals surface area contributed by atoms with Crippen LogP contribution in [0.1, 0.15) is 24.8 Å². The van der Waals surface area contributed by atoms with Gasteiger partial charge >= 0.3 is 0 Å². The third kappa shape index (κ3) is 2.36. The molecule has 1 aromatic carbocycles. The van der Waals surface area contributed by atoms with Crippen molar-refractivity contribution in [3.8, 4) is 0 Å². The van der Waals surface area contributed by atoms with E-state index in [1.807, 2.05) is 37.3 Å². The summed E-state index contributed by atoms with van der Waals surface area (Å²) in [6, 6.07) is 9.90. The van der Waals surface area contributed by atoms with Crippen LogP contribution in [0.5, 0.6) is 0 Å². The van der Waals surface area contributed by atoms with Gasteiger partial charge in [-0.15, -0.1) is 0 Å². The topological polar surface area (TPSA) is 40.5 Å². The summed E-state index contributed by atoms with van der Waals surface area (Å²) in [5.74, 6) is 0.117. The molecule has 0 radical (unpaired) electrons. The van der Waals surface area contributed by atoms with E-state index < -0.39 is 0 Å². The first-order chi connectivity index (χ1) is 6.83. The van der Waals surface area contributed by atoms with Crippen molar-refractivity contribution in [2.45, 2.75) is 19.3 Å². The summed E-state index contributed by atoms with van der Waals surface area (Å²) in [4.78, 5) is 0. The summed E-state index contributed by atoms with van der Waals surface area (Å²) >= 11 is 0. The molecular formula is C12H16O2. The monoisotopic (exact) mass is 192 g/mol. The van der Waals surface area contributed by atoms with Crippen LogP contribution < -0.4 is 0 Å². The molecule has 2 nitrogen and oxygen atoms in total. The van der Waals surface area contributed by atoms with Crippen LogP contribution in [0.4, 0.5) is 0 Å². The Kier molecular flexibility index (Phi) is 4.20. The fraction of sp³-hybridized carbons (Fsp3) is 0.333. The summed E-state index contributed by atoms with van der Waals surface area (Å²) in [5, 5.41) is 18.0. The Labute approximate surface area is 84.5 Å². The van der Waals surface area contributed by atoms with Gasteiger partial charge in [-0.05, 0) is 17.6 Å². The molecule has 0 aromatic heterocycles. The molecule has 2 heteroatoms. The van der Waals surface area contributed by atoms with E-state index in [0.717, 1.165) is 18.2 Å². The van der Waals surface area contributed by atoms with Gasteiger partial charge < -0.3 is 10.2 Å². The van der Waals surface area contributed by atoms with Crippen molar-refractivity contribution in [3.63, 3.8) is 0 Å². The molecule has 0 aliphatic carbocycles. The number of aliphatic hydroxyl groups is 2. The van der Waals surface area contributed by atoms with E-state index in [4.69, 9.17) is 10.2 Å². The third-order valence-corrected chi connectivity index (χ3v) is 2.41. The minimum Gasteiger partial charge on any atom is -0.516 e. The van der Waals surface area contributed by atoms with Gasteiger partial charge in [0.05, 0.1) is 12.9 Å². The van der Waals surface area contributed by atoms with Crippen molar-refractivity contribution in [2.24, 2.45) is 0 Å². The zero-order valence-corrected chi connectivity index (χ0v) is 8.35. The standard InChI is InChI=1S/C12H16O2/c1-2-12(11(8-13)9-14)10-6-4-3-5-7-10/h3-8,12-14H,2,9H2,1H3. The summed E-state index contributed by atoms with van der Waals surface area (Å²) in [5.41, 5.74) is 1.79. The molecule has 0 spiro atoms. The van der Waals surface area contributed by atoms with Crippen molar-refractivity contribution in [2.75, 3.05) is 6.61 Å². The van der Waals surface area contributed by atoms with E-state index in [1.54, 1.807) is 0 Å². The van der Waals surface area contributed by atoms with Crippen molar-refractivity contribution in [1.29, 1.82) is 0 Å². The van der Waals surface area contributed by atoms with E-state index in [2.05, 4.69) is 0 Å². The fourth-order valence-corrected chi connectivity index (χ4v) is 1.64. The van der Waals surface area contributed by atoms with Crippen LogP contribution in [0.25, 0.3) is 0 Å². The highest BCUT2D eigenvalue weighted by atomic mass is 16.3. The lowest BCUT2D eigenvalue weighted by Crippen LogP contribution is -2.05. The predicted molar refractivity (Wildman–Crippen MR) is 57.3 cm³/mol. The Hall–Kier alpha value is -1.28. The zero-order chi connectivity index (χ0) is 10.4. The lowest BCUT2D eigenvalue weighted by atomic mass is 9.90. The predicted octanol–water partition coefficient (Wildman–Crippen LogP) is 2.61. The van der Waals surface area contributed by atoms with E-state index in [9.17, 15) is 0 Å². The zero-order valence-electron chi connectivity index (χ0n) is 8.35. The Morgan fingerprint density at radius 1 is 1.36 bits per heavy atom. The van der Waals surface area contributed by atoms with Gasteiger partial charge in [-0.3, -0.25) is 0 Å². The van der Waals surface area contributed by atoms with E-state index in [0.29, 0.717) is 5.57 Å². The normalized spacial score (nSPS) is 14.0. The van der Waals surface area contributed by atoms with E-state index >= 15 is 0 Å². The van der Waals surface area contributed by atoms with Gasteiger partial charge in [-0.25, -0.2) is 0 Å². The minimum atomic E-state index is -0.0934. The largest absolute Gasteiger partial charge is 0.516 e. The summed E-state index contributed by atoms with van der Waals surface area (Å²) in [7, 11) is 0. The molecule has 2 N–H and O–H groups in total. The Balaban J connectivity index is 2.93. The first kappa shape index (κ1) is 10.8. The van der Waals surface area contributed by atoms with Crippen molar-refractivity contribution in [1.82, 2.24) is 0 Å². The summed E-state index contributed by atoms with van der Waals surface area (Å²) < 4.78 is 0. The van der Waals surface area contributed by atoms with Crippen molar-refractivity contribution >= 4 is 0 Å². The maximum absolute atomic E-state index is 9.06. The smallest absolute Gasteiger partial charge is 0.0812 e. The highest BCUT2D eigenvalue weighted by Crippen LogP contribution is 2.26. The molecule has 1 atom stereocenters. The van der Waals surface area contributed by atoms with Gasteiger partial charge in [0.1, 0.15) is 0 Å². The van der Waals surface area contributed by atoms with Crippen LogP contribution in [0.2, 0.25) is 0 Å². The van der Waals surface area contributed by atoms with Gasteiger partial charge in [0, 0.05) is 5.92 Å². The molecular weight excluding hydrogens is 176 g/mol. The van der Waals surface area contributed by atoms with Gasteiger partial charge in [0.25, 0.3) is 0 Å². The second kappa shape index (κ2) is 5.45. The maximum Gasteiger partial charge on any atom is 0.0812 e. The van der Waals surface area contributed by atoms with Crippen molar-refractivity contribution in [3.05, 3.63) is 47.7 Å². The molecule has 0 aliphatic rings. The average Bonchev–Trinajstić information content (AvgIpc) is 2.27. The highest BCUT2D eigenvalue weighted by molar-refractivity contribution is 5.28. The second-order valence-electron chi connectivity index (χ2n) is 3.23. The van der Waals surface area contributed by atoms with Crippen LogP contribution in [0, 0.1) is 0 Å². The number of hydrogen-bond acceptors (Lipinski definition) is 2. The van der Waals surface area contributed by atoms with E-state index in [-0.39, 0.29) is 12.5 Å². The first-order valence-electron chi connectivity index (χ1n) is 4.82. The molecule has 0 amide bonds. The van der Waals surface area contributed by atoms with Crippen LogP contribution in [-0.4, -0.2) is 16.8 Å². The van der Waals surface area contributed by atoms with Crippen LogP contribution in [-0.2, 0) is 0 Å². The van der Waals surface area contributed by atoms with E-state index in [1.165, 1.54) is 0 Å². The van der Waals surface area contributed by atoms with Gasteiger partial charge in [-0.1, -0.05) is 37.3 Å². The number of hydrogen-bond donors (Lipinski definition) is 2. The highest BCUT2D eigenvalue weighted by Gasteiger charge is 2.13. The molecule has 1 rings (SSSR count). The van der Waals surface area contributed by atoms with Gasteiger partial charge in [0.2, 0.25) is 0 Å². The van der Waals surface area contributed by atoms with Gasteiger partial charge in [-0.2, -0.15) is 0 Å². The summed E-state index contributed by atoms with van der Waals surface area (Å²) in [6.07, 6.45) is 1.89. The second-order valence-corrected chi connectivity index (χ2v) is 3.23. The molecule has 0 heterocycles. The van der Waals surface area contributed by atoms with Crippen molar-refractivity contribution < 1.29 is 10.2 Å². The maximum atomic E-state index is 9.06. The molecule has 0 aliphatic heterocycles. The average molecular weight is 192 g/mol. The number of benzene rings is 1. The fourth-order valence-electron chi connectivity index (χ4n) is 1.64. The lowest BCUT2D eigenvalue weighted by Gasteiger charge is -2.16. The first-order valence-corrected chi connectivity index (χ1v) is 4.82. The van der Waals surface area contributed by atoms with Crippen LogP contribution >= 0.6 is 0 Å². The Morgan fingerprint density at radius 3 is 2.43 bits per heavy atom. The summed E-state index contributed by atoms with van der Waals surface area (Å²) in [6.45, 7) is 1.95. The molecule has 1 unspecified atom stereocenters. The minimum absolute atomic E-state index is 0.0934. The molecule has 14 heavy (non-hydrogen) atoms. The number of rotatable bonds is 4. The molecule has 0 bridgehead atoms. The molecule has 76 valence electrons. The lowest BCUT2D eigenvalue weighted by molar-refractivity contribution is 0.312. The Bertz CT molecular complexity index is 290. The van der Waals surface area contributed by atoms with Crippen LogP contribution in [0.15, 0.2) is 42.2 Å². The SMILES string of the molecule is CCC(C(=CO)CO)c1ccccc1. The van der Waals surface area contributed by atoms with Crippen LogP contribution in [0.3, 0.4) is 0 Å².